The van der Waals surface area contributed by atoms with Gasteiger partial charge >= 0.3 is 17.9 Å². The van der Waals surface area contributed by atoms with Crippen LogP contribution >= 0.6 is 0 Å². The van der Waals surface area contributed by atoms with E-state index in [0.29, 0.717) is 19.3 Å². The average molecular weight is 1150 g/mol. The standard InChI is InChI=1S/C77H124O6/c1-4-7-10-13-16-19-22-25-27-29-30-31-32-33-34-35-36-37-38-39-40-41-42-43-44-45-46-48-49-52-55-58-61-64-67-70-76(79)82-73-74(72-81-75(78)69-66-63-60-57-54-51-24-21-18-15-12-9-6-3)83-77(80)71-68-65-62-59-56-53-50-47-28-26-23-20-17-14-11-8-5-2/h7-12,16-21,25-28,30-31,50-51,53-54,59-60,62-63,74H,4-6,13-15,22-24,29,32-49,52,55-58,61,64-73H2,1-3H3/b10-7-,11-8-,12-9-,19-16-,20-17-,21-18-,27-25-,28-26-,31-30-,53-50-,54-51-,62-59-,63-60-. The molecule has 0 spiro atoms. The highest BCUT2D eigenvalue weighted by molar-refractivity contribution is 5.71. The Bertz CT molecular complexity index is 1840. The first-order valence-electron chi connectivity index (χ1n) is 34.0. The molecule has 0 aliphatic heterocycles. The first-order valence-corrected chi connectivity index (χ1v) is 34.0. The zero-order valence-electron chi connectivity index (χ0n) is 53.7. The molecule has 0 aromatic rings. The molecule has 1 atom stereocenters. The third-order valence-electron chi connectivity index (χ3n) is 14.0. The van der Waals surface area contributed by atoms with Gasteiger partial charge in [-0.2, -0.15) is 0 Å². The Morgan fingerprint density at radius 1 is 0.241 bits per heavy atom. The molecule has 0 aliphatic rings. The highest BCUT2D eigenvalue weighted by Crippen LogP contribution is 2.17. The van der Waals surface area contributed by atoms with Gasteiger partial charge in [0.15, 0.2) is 6.10 Å². The van der Waals surface area contributed by atoms with E-state index in [1.165, 1.54) is 128 Å². The van der Waals surface area contributed by atoms with Gasteiger partial charge in [0.1, 0.15) is 13.2 Å². The number of hydrogen-bond donors (Lipinski definition) is 0. The van der Waals surface area contributed by atoms with Gasteiger partial charge in [-0.05, 0) is 122 Å². The van der Waals surface area contributed by atoms with Gasteiger partial charge in [-0.25, -0.2) is 0 Å². The molecule has 6 heteroatoms. The summed E-state index contributed by atoms with van der Waals surface area (Å²) >= 11 is 0. The summed E-state index contributed by atoms with van der Waals surface area (Å²) in [4.78, 5) is 38.2. The average Bonchev–Trinajstić information content (AvgIpc) is 3.49. The van der Waals surface area contributed by atoms with Crippen molar-refractivity contribution in [3.63, 3.8) is 0 Å². The minimum Gasteiger partial charge on any atom is -0.462 e. The molecule has 0 rings (SSSR count). The van der Waals surface area contributed by atoms with Crippen molar-refractivity contribution in [1.82, 2.24) is 0 Å². The summed E-state index contributed by atoms with van der Waals surface area (Å²) in [5, 5.41) is 0. The molecule has 0 bridgehead atoms. The highest BCUT2D eigenvalue weighted by Gasteiger charge is 2.19. The smallest absolute Gasteiger partial charge is 0.306 e. The van der Waals surface area contributed by atoms with Crippen LogP contribution in [0.5, 0.6) is 0 Å². The topological polar surface area (TPSA) is 78.9 Å². The summed E-state index contributed by atoms with van der Waals surface area (Å²) in [6.07, 6.45) is 102. The van der Waals surface area contributed by atoms with E-state index in [9.17, 15) is 14.4 Å². The summed E-state index contributed by atoms with van der Waals surface area (Å²) in [6, 6.07) is 0. The van der Waals surface area contributed by atoms with Crippen molar-refractivity contribution in [1.29, 1.82) is 0 Å². The fourth-order valence-corrected chi connectivity index (χ4v) is 9.07. The van der Waals surface area contributed by atoms with Gasteiger partial charge in [0.25, 0.3) is 0 Å². The second-order valence-electron chi connectivity index (χ2n) is 21.9. The molecular formula is C77H124O6. The molecule has 468 valence electrons. The molecule has 0 saturated carbocycles. The van der Waals surface area contributed by atoms with E-state index >= 15 is 0 Å². The fourth-order valence-electron chi connectivity index (χ4n) is 9.07. The number of hydrogen-bond acceptors (Lipinski definition) is 6. The molecule has 83 heavy (non-hydrogen) atoms. The predicted molar refractivity (Wildman–Crippen MR) is 362 cm³/mol. The normalized spacial score (nSPS) is 13.1. The third kappa shape index (κ3) is 67.7. The van der Waals surface area contributed by atoms with E-state index in [1.54, 1.807) is 0 Å². The van der Waals surface area contributed by atoms with E-state index in [1.807, 2.05) is 12.2 Å². The first kappa shape index (κ1) is 78.0. The number of allylic oxidation sites excluding steroid dienone is 26. The Balaban J connectivity index is 4.22. The summed E-state index contributed by atoms with van der Waals surface area (Å²) in [7, 11) is 0. The van der Waals surface area contributed by atoms with Crippen LogP contribution in [0.25, 0.3) is 0 Å². The van der Waals surface area contributed by atoms with E-state index in [2.05, 4.69) is 167 Å². The van der Waals surface area contributed by atoms with Crippen LogP contribution in [0.15, 0.2) is 158 Å². The fraction of sp³-hybridized carbons (Fsp3) is 0.623. The van der Waals surface area contributed by atoms with Crippen LogP contribution in [-0.2, 0) is 28.6 Å². The van der Waals surface area contributed by atoms with E-state index in [4.69, 9.17) is 14.2 Å². The number of esters is 3. The van der Waals surface area contributed by atoms with Crippen molar-refractivity contribution < 1.29 is 28.6 Å². The molecule has 0 aliphatic carbocycles. The monoisotopic (exact) mass is 1140 g/mol. The molecule has 0 heterocycles. The van der Waals surface area contributed by atoms with E-state index in [-0.39, 0.29) is 44.0 Å². The molecule has 1 unspecified atom stereocenters. The third-order valence-corrected chi connectivity index (χ3v) is 14.0. The lowest BCUT2D eigenvalue weighted by Gasteiger charge is -2.18. The van der Waals surface area contributed by atoms with Gasteiger partial charge in [-0.1, -0.05) is 307 Å². The van der Waals surface area contributed by atoms with Gasteiger partial charge in [0.2, 0.25) is 0 Å². The summed E-state index contributed by atoms with van der Waals surface area (Å²) in [6.45, 7) is 6.19. The zero-order chi connectivity index (χ0) is 59.9. The van der Waals surface area contributed by atoms with Gasteiger partial charge in [0.05, 0.1) is 0 Å². The van der Waals surface area contributed by atoms with Gasteiger partial charge in [-0.3, -0.25) is 14.4 Å². The van der Waals surface area contributed by atoms with Crippen LogP contribution in [0.1, 0.15) is 290 Å². The first-order chi connectivity index (χ1) is 41.0. The van der Waals surface area contributed by atoms with Gasteiger partial charge < -0.3 is 14.2 Å². The maximum atomic E-state index is 12.9. The number of carbonyl (C=O) groups is 3. The second kappa shape index (κ2) is 69.5. The lowest BCUT2D eigenvalue weighted by Crippen LogP contribution is -2.30. The summed E-state index contributed by atoms with van der Waals surface area (Å²) < 4.78 is 16.8. The van der Waals surface area contributed by atoms with Crippen LogP contribution in [0.3, 0.4) is 0 Å². The molecule has 0 aromatic carbocycles. The van der Waals surface area contributed by atoms with Gasteiger partial charge in [0, 0.05) is 19.3 Å². The van der Waals surface area contributed by atoms with Crippen molar-refractivity contribution in [3.8, 4) is 0 Å². The lowest BCUT2D eigenvalue weighted by atomic mass is 10.0. The van der Waals surface area contributed by atoms with E-state index < -0.39 is 6.10 Å². The van der Waals surface area contributed by atoms with Crippen molar-refractivity contribution >= 4 is 17.9 Å². The number of unbranched alkanes of at least 4 members (excludes halogenated alkanes) is 23. The molecule has 0 saturated heterocycles. The largest absolute Gasteiger partial charge is 0.462 e. The van der Waals surface area contributed by atoms with Crippen molar-refractivity contribution in [2.75, 3.05) is 13.2 Å². The molecule has 0 aromatic heterocycles. The Kier molecular flexibility index (Phi) is 65.4. The summed E-state index contributed by atoms with van der Waals surface area (Å²) in [5.41, 5.74) is 0. The van der Waals surface area contributed by atoms with Crippen LogP contribution in [0.4, 0.5) is 0 Å². The maximum Gasteiger partial charge on any atom is 0.306 e. The second-order valence-corrected chi connectivity index (χ2v) is 21.9. The maximum absolute atomic E-state index is 12.9. The Labute approximate surface area is 511 Å². The van der Waals surface area contributed by atoms with Crippen LogP contribution in [0.2, 0.25) is 0 Å². The SMILES string of the molecule is CC/C=C\C/C=C\C/C=C\C/C=C\C/C=C\CCCC(=O)OC(COC(=O)CC/C=C\C/C=C\C/C=C\C/C=C\CC)COC(=O)CCCCCCCCCCCCCCCCCCCCCCCC/C=C\C/C=C\C/C=C\C/C=C\CC. The molecule has 0 fully saturated rings. The summed E-state index contributed by atoms with van der Waals surface area (Å²) in [5.74, 6) is -1.07. The molecular weight excluding hydrogens is 1020 g/mol. The predicted octanol–water partition coefficient (Wildman–Crippen LogP) is 23.7. The minimum absolute atomic E-state index is 0.126. The van der Waals surface area contributed by atoms with Crippen molar-refractivity contribution in [3.05, 3.63) is 158 Å². The van der Waals surface area contributed by atoms with Crippen molar-refractivity contribution in [2.24, 2.45) is 0 Å². The van der Waals surface area contributed by atoms with Crippen LogP contribution in [0, 0.1) is 0 Å². The van der Waals surface area contributed by atoms with Crippen LogP contribution < -0.4 is 0 Å². The van der Waals surface area contributed by atoms with E-state index in [0.717, 1.165) is 109 Å². The number of carbonyl (C=O) groups excluding carboxylic acids is 3. The molecule has 0 N–H and O–H groups in total. The number of rotatable bonds is 60. The Morgan fingerprint density at radius 2 is 0.470 bits per heavy atom. The van der Waals surface area contributed by atoms with Crippen LogP contribution in [-0.4, -0.2) is 37.2 Å². The quantitative estimate of drug-likeness (QED) is 0.0261. The molecule has 0 amide bonds. The number of ether oxygens (including phenoxy) is 3. The Morgan fingerprint density at radius 3 is 0.783 bits per heavy atom. The Hall–Kier alpha value is -4.97. The van der Waals surface area contributed by atoms with Crippen molar-refractivity contribution in [2.45, 2.75) is 297 Å². The zero-order valence-corrected chi connectivity index (χ0v) is 53.7. The van der Waals surface area contributed by atoms with Gasteiger partial charge in [-0.15, -0.1) is 0 Å². The molecule has 0 radical (unpaired) electrons. The molecule has 6 nitrogen and oxygen atoms in total. The highest BCUT2D eigenvalue weighted by atomic mass is 16.6. The lowest BCUT2D eigenvalue weighted by molar-refractivity contribution is -0.166. The minimum atomic E-state index is -0.842.